The van der Waals surface area contributed by atoms with Gasteiger partial charge < -0.3 is 15.2 Å². The van der Waals surface area contributed by atoms with Gasteiger partial charge in [-0.1, -0.05) is 24.3 Å². The second-order valence-electron chi connectivity index (χ2n) is 7.24. The fraction of sp³-hybridized carbons (Fsp3) is 0.429. The highest BCUT2D eigenvalue weighted by Gasteiger charge is 2.29. The third kappa shape index (κ3) is 3.98. The number of hydrogen-bond acceptors (Lipinski definition) is 2. The molecule has 2 N–H and O–H groups in total. The van der Waals surface area contributed by atoms with Gasteiger partial charge in [-0.15, -0.1) is 0 Å². The van der Waals surface area contributed by atoms with E-state index in [-0.39, 0.29) is 17.7 Å². The number of likely N-dealkylation sites (tertiary alicyclic amines) is 1. The SMILES string of the molecule is Cc1cc(C)c(C(=O)N2CCC[C@@H](C(=O)NCc3ccccc3C)C2)[nH]1. The van der Waals surface area contributed by atoms with Crippen molar-refractivity contribution in [3.05, 3.63) is 58.4 Å². The van der Waals surface area contributed by atoms with Crippen LogP contribution in [0.4, 0.5) is 0 Å². The standard InChI is InChI=1S/C21H27N3O2/c1-14-7-4-5-8-17(14)12-22-20(25)18-9-6-10-24(13-18)21(26)19-15(2)11-16(3)23-19/h4-5,7-8,11,18,23H,6,9-10,12-13H2,1-3H3,(H,22,25)/t18-/m1/s1. The largest absolute Gasteiger partial charge is 0.354 e. The number of aryl methyl sites for hydroxylation is 3. The van der Waals surface area contributed by atoms with E-state index in [1.54, 1.807) is 4.90 Å². The lowest BCUT2D eigenvalue weighted by Gasteiger charge is -2.32. The lowest BCUT2D eigenvalue weighted by atomic mass is 9.96. The van der Waals surface area contributed by atoms with Crippen LogP contribution in [-0.2, 0) is 11.3 Å². The van der Waals surface area contributed by atoms with E-state index < -0.39 is 0 Å². The number of rotatable bonds is 4. The summed E-state index contributed by atoms with van der Waals surface area (Å²) < 4.78 is 0. The van der Waals surface area contributed by atoms with Crippen molar-refractivity contribution in [1.29, 1.82) is 0 Å². The molecule has 1 aromatic carbocycles. The molecule has 0 bridgehead atoms. The molecule has 1 fully saturated rings. The van der Waals surface area contributed by atoms with Crippen molar-refractivity contribution in [3.63, 3.8) is 0 Å². The summed E-state index contributed by atoms with van der Waals surface area (Å²) in [5.74, 6) is -0.120. The van der Waals surface area contributed by atoms with E-state index >= 15 is 0 Å². The van der Waals surface area contributed by atoms with E-state index in [2.05, 4.69) is 10.3 Å². The molecule has 0 aliphatic carbocycles. The van der Waals surface area contributed by atoms with Gasteiger partial charge in [0.05, 0.1) is 5.92 Å². The molecule has 0 unspecified atom stereocenters. The van der Waals surface area contributed by atoms with Crippen LogP contribution < -0.4 is 5.32 Å². The lowest BCUT2D eigenvalue weighted by Crippen LogP contribution is -2.45. The molecular weight excluding hydrogens is 326 g/mol. The number of aromatic amines is 1. The molecule has 0 saturated carbocycles. The van der Waals surface area contributed by atoms with Crippen molar-refractivity contribution in [1.82, 2.24) is 15.2 Å². The second kappa shape index (κ2) is 7.77. The molecule has 0 radical (unpaired) electrons. The summed E-state index contributed by atoms with van der Waals surface area (Å²) in [6, 6.07) is 10.0. The number of hydrogen-bond donors (Lipinski definition) is 2. The number of carbonyl (C=O) groups is 2. The Labute approximate surface area is 154 Å². The summed E-state index contributed by atoms with van der Waals surface area (Å²) in [6.07, 6.45) is 1.68. The molecular formula is C21H27N3O2. The van der Waals surface area contributed by atoms with Gasteiger partial charge in [-0.3, -0.25) is 9.59 Å². The first-order valence-corrected chi connectivity index (χ1v) is 9.23. The lowest BCUT2D eigenvalue weighted by molar-refractivity contribution is -0.126. The number of carbonyl (C=O) groups excluding carboxylic acids is 2. The van der Waals surface area contributed by atoms with Crippen LogP contribution in [0.1, 0.15) is 45.7 Å². The maximum atomic E-state index is 12.8. The van der Waals surface area contributed by atoms with E-state index in [4.69, 9.17) is 0 Å². The summed E-state index contributed by atoms with van der Waals surface area (Å²) in [5, 5.41) is 3.04. The highest BCUT2D eigenvalue weighted by molar-refractivity contribution is 5.94. The molecule has 1 aromatic heterocycles. The molecule has 5 nitrogen and oxygen atoms in total. The quantitative estimate of drug-likeness (QED) is 0.887. The zero-order chi connectivity index (χ0) is 18.7. The molecule has 1 atom stereocenters. The number of nitrogens with zero attached hydrogens (tertiary/aromatic N) is 1. The molecule has 138 valence electrons. The van der Waals surface area contributed by atoms with Gasteiger partial charge in [-0.2, -0.15) is 0 Å². The number of piperidine rings is 1. The average Bonchev–Trinajstić information content (AvgIpc) is 2.98. The zero-order valence-electron chi connectivity index (χ0n) is 15.8. The number of amides is 2. The van der Waals surface area contributed by atoms with Gasteiger partial charge in [0.15, 0.2) is 0 Å². The molecule has 2 amide bonds. The van der Waals surface area contributed by atoms with E-state index in [1.807, 2.05) is 51.1 Å². The van der Waals surface area contributed by atoms with E-state index in [9.17, 15) is 9.59 Å². The molecule has 3 rings (SSSR count). The molecule has 1 aliphatic rings. The average molecular weight is 353 g/mol. The maximum Gasteiger partial charge on any atom is 0.270 e. The fourth-order valence-corrected chi connectivity index (χ4v) is 3.62. The Bertz CT molecular complexity index is 809. The van der Waals surface area contributed by atoms with Crippen LogP contribution in [0.3, 0.4) is 0 Å². The number of benzene rings is 1. The van der Waals surface area contributed by atoms with Gasteiger partial charge in [0, 0.05) is 25.3 Å². The van der Waals surface area contributed by atoms with E-state index in [0.29, 0.717) is 25.3 Å². The Morgan fingerprint density at radius 2 is 1.96 bits per heavy atom. The smallest absolute Gasteiger partial charge is 0.270 e. The Hall–Kier alpha value is -2.56. The predicted octanol–water partition coefficient (Wildman–Crippen LogP) is 3.11. The molecule has 2 aromatic rings. The van der Waals surface area contributed by atoms with Crippen LogP contribution >= 0.6 is 0 Å². The summed E-state index contributed by atoms with van der Waals surface area (Å²) in [4.78, 5) is 30.3. The number of nitrogens with one attached hydrogen (secondary N) is 2. The molecule has 2 heterocycles. The summed E-state index contributed by atoms with van der Waals surface area (Å²) in [5.41, 5.74) is 4.88. The minimum Gasteiger partial charge on any atom is -0.354 e. The van der Waals surface area contributed by atoms with Crippen LogP contribution in [0.5, 0.6) is 0 Å². The normalized spacial score (nSPS) is 17.2. The fourth-order valence-electron chi connectivity index (χ4n) is 3.62. The minimum absolute atomic E-state index is 0.00740. The van der Waals surface area contributed by atoms with E-state index in [1.165, 1.54) is 5.56 Å². The van der Waals surface area contributed by atoms with Crippen molar-refractivity contribution in [3.8, 4) is 0 Å². The monoisotopic (exact) mass is 353 g/mol. The van der Waals surface area contributed by atoms with Crippen molar-refractivity contribution < 1.29 is 9.59 Å². The number of H-pyrrole nitrogens is 1. The topological polar surface area (TPSA) is 65.2 Å². The van der Waals surface area contributed by atoms with Crippen molar-refractivity contribution in [2.75, 3.05) is 13.1 Å². The van der Waals surface area contributed by atoms with Gasteiger partial charge >= 0.3 is 0 Å². The Morgan fingerprint density at radius 1 is 1.19 bits per heavy atom. The molecule has 26 heavy (non-hydrogen) atoms. The zero-order valence-corrected chi connectivity index (χ0v) is 15.8. The minimum atomic E-state index is -0.145. The number of aromatic nitrogens is 1. The third-order valence-electron chi connectivity index (χ3n) is 5.16. The first-order valence-electron chi connectivity index (χ1n) is 9.23. The van der Waals surface area contributed by atoms with Crippen LogP contribution in [0, 0.1) is 26.7 Å². The molecule has 0 spiro atoms. The van der Waals surface area contributed by atoms with Gasteiger partial charge in [0.25, 0.3) is 5.91 Å². The van der Waals surface area contributed by atoms with Crippen LogP contribution in [0.15, 0.2) is 30.3 Å². The Morgan fingerprint density at radius 3 is 2.65 bits per heavy atom. The van der Waals surface area contributed by atoms with Crippen LogP contribution in [0.25, 0.3) is 0 Å². The van der Waals surface area contributed by atoms with Gasteiger partial charge in [0.1, 0.15) is 5.69 Å². The van der Waals surface area contributed by atoms with Crippen LogP contribution in [0.2, 0.25) is 0 Å². The van der Waals surface area contributed by atoms with Crippen LogP contribution in [-0.4, -0.2) is 34.8 Å². The first-order chi connectivity index (χ1) is 12.5. The van der Waals surface area contributed by atoms with Gasteiger partial charge in [0.2, 0.25) is 5.91 Å². The summed E-state index contributed by atoms with van der Waals surface area (Å²) in [7, 11) is 0. The van der Waals surface area contributed by atoms with Crippen molar-refractivity contribution in [2.45, 2.75) is 40.2 Å². The van der Waals surface area contributed by atoms with Gasteiger partial charge in [-0.05, 0) is 56.4 Å². The molecule has 5 heteroatoms. The highest BCUT2D eigenvalue weighted by Crippen LogP contribution is 2.20. The van der Waals surface area contributed by atoms with Crippen molar-refractivity contribution in [2.24, 2.45) is 5.92 Å². The Kier molecular flexibility index (Phi) is 5.45. The maximum absolute atomic E-state index is 12.8. The van der Waals surface area contributed by atoms with Crippen molar-refractivity contribution >= 4 is 11.8 Å². The predicted molar refractivity (Wildman–Crippen MR) is 102 cm³/mol. The third-order valence-corrected chi connectivity index (χ3v) is 5.16. The highest BCUT2D eigenvalue weighted by atomic mass is 16.2. The molecule has 1 aliphatic heterocycles. The summed E-state index contributed by atoms with van der Waals surface area (Å²) >= 11 is 0. The van der Waals surface area contributed by atoms with Gasteiger partial charge in [-0.25, -0.2) is 0 Å². The Balaban J connectivity index is 1.61. The first kappa shape index (κ1) is 18.2. The summed E-state index contributed by atoms with van der Waals surface area (Å²) in [6.45, 7) is 7.65. The second-order valence-corrected chi connectivity index (χ2v) is 7.24. The van der Waals surface area contributed by atoms with E-state index in [0.717, 1.165) is 29.7 Å². The molecule has 1 saturated heterocycles.